The van der Waals surface area contributed by atoms with Crippen molar-refractivity contribution in [1.82, 2.24) is 0 Å². The number of fused-ring (bicyclic) bond motifs is 5. The second kappa shape index (κ2) is 4.81. The van der Waals surface area contributed by atoms with Crippen LogP contribution in [0.1, 0.15) is 66.9 Å². The van der Waals surface area contributed by atoms with E-state index in [4.69, 9.17) is 0 Å². The zero-order valence-corrected chi connectivity index (χ0v) is 14.6. The summed E-state index contributed by atoms with van der Waals surface area (Å²) in [4.78, 5) is 13.5. The van der Waals surface area contributed by atoms with Crippen molar-refractivity contribution in [3.63, 3.8) is 0 Å². The van der Waals surface area contributed by atoms with Crippen LogP contribution in [-0.2, 0) is 6.42 Å². The van der Waals surface area contributed by atoms with E-state index in [1.54, 1.807) is 5.57 Å². The molecule has 1 spiro atoms. The molecule has 2 aromatic rings. The second-order valence-corrected chi connectivity index (χ2v) is 8.39. The summed E-state index contributed by atoms with van der Waals surface area (Å²) in [7, 11) is 0. The molecule has 3 aliphatic rings. The van der Waals surface area contributed by atoms with Gasteiger partial charge in [-0.1, -0.05) is 49.8 Å². The quantitative estimate of drug-likeness (QED) is 0.606. The maximum atomic E-state index is 13.5. The Kier molecular flexibility index (Phi) is 2.90. The number of rotatable bonds is 1. The molecule has 0 heterocycles. The van der Waals surface area contributed by atoms with E-state index in [2.05, 4.69) is 50.3 Å². The van der Waals surface area contributed by atoms with Crippen LogP contribution < -0.4 is 0 Å². The summed E-state index contributed by atoms with van der Waals surface area (Å²) < 4.78 is 0. The number of allylic oxidation sites excluding steroid dienone is 2. The van der Waals surface area contributed by atoms with Gasteiger partial charge in [0.25, 0.3) is 0 Å². The van der Waals surface area contributed by atoms with E-state index in [9.17, 15) is 4.79 Å². The molecule has 0 aliphatic heterocycles. The molecule has 2 atom stereocenters. The van der Waals surface area contributed by atoms with E-state index in [0.29, 0.717) is 17.6 Å². The van der Waals surface area contributed by atoms with Crippen molar-refractivity contribution in [2.75, 3.05) is 0 Å². The van der Waals surface area contributed by atoms with Crippen LogP contribution in [-0.4, -0.2) is 5.78 Å². The highest BCUT2D eigenvalue weighted by Gasteiger charge is 2.53. The minimum absolute atomic E-state index is 0.0690. The minimum atomic E-state index is -0.0690. The van der Waals surface area contributed by atoms with Crippen LogP contribution in [0.15, 0.2) is 42.0 Å². The van der Waals surface area contributed by atoms with E-state index < -0.39 is 0 Å². The first-order valence-electron chi connectivity index (χ1n) is 9.37. The van der Waals surface area contributed by atoms with Gasteiger partial charge < -0.3 is 0 Å². The van der Waals surface area contributed by atoms with Crippen LogP contribution in [0.4, 0.5) is 0 Å². The predicted octanol–water partition coefficient (Wildman–Crippen LogP) is 5.82. The van der Waals surface area contributed by atoms with Gasteiger partial charge in [-0.05, 0) is 71.9 Å². The van der Waals surface area contributed by atoms with Crippen LogP contribution in [0, 0.1) is 11.3 Å². The van der Waals surface area contributed by atoms with Crippen LogP contribution in [0.2, 0.25) is 0 Å². The van der Waals surface area contributed by atoms with Gasteiger partial charge in [-0.2, -0.15) is 0 Å². The van der Waals surface area contributed by atoms with Gasteiger partial charge in [-0.25, -0.2) is 0 Å². The number of carbonyl (C=O) groups is 1. The van der Waals surface area contributed by atoms with Gasteiger partial charge >= 0.3 is 0 Å². The fraction of sp³-hybridized carbons (Fsp3) is 0.435. The summed E-state index contributed by atoms with van der Waals surface area (Å²) in [6.45, 7) is 4.49. The Hall–Kier alpha value is -1.89. The Balaban J connectivity index is 1.67. The highest BCUT2D eigenvalue weighted by atomic mass is 16.1. The molecule has 1 nitrogen and oxygen atoms in total. The highest BCUT2D eigenvalue weighted by molar-refractivity contribution is 6.07. The van der Waals surface area contributed by atoms with Gasteiger partial charge in [0, 0.05) is 11.0 Å². The summed E-state index contributed by atoms with van der Waals surface area (Å²) in [6.07, 6.45) is 7.82. The molecule has 0 amide bonds. The van der Waals surface area contributed by atoms with Crippen molar-refractivity contribution in [1.29, 1.82) is 0 Å². The highest BCUT2D eigenvalue weighted by Crippen LogP contribution is 2.58. The number of ketones is 1. The Bertz CT molecular complexity index is 902. The number of hydrogen-bond acceptors (Lipinski definition) is 1. The van der Waals surface area contributed by atoms with E-state index in [1.807, 2.05) is 0 Å². The Morgan fingerprint density at radius 3 is 2.79 bits per heavy atom. The number of aryl methyl sites for hydroxylation is 1. The molecule has 3 aliphatic carbocycles. The number of Topliss-reactive ketones (excluding diaryl/α,β-unsaturated/α-hetero) is 1. The van der Waals surface area contributed by atoms with Gasteiger partial charge in [-0.15, -0.1) is 0 Å². The van der Waals surface area contributed by atoms with Gasteiger partial charge in [0.2, 0.25) is 0 Å². The van der Waals surface area contributed by atoms with Gasteiger partial charge in [0.05, 0.1) is 0 Å². The SMILES string of the molecule is CC(C)c1cccc2cc3c(cc12)CCC1(CC2=CCC1C2)C3=O. The summed E-state index contributed by atoms with van der Waals surface area (Å²) in [5, 5.41) is 2.57. The number of benzene rings is 2. The van der Waals surface area contributed by atoms with Gasteiger partial charge in [0.1, 0.15) is 0 Å². The molecule has 1 heteroatoms. The third kappa shape index (κ3) is 1.79. The van der Waals surface area contributed by atoms with E-state index in [1.165, 1.54) is 28.3 Å². The maximum absolute atomic E-state index is 13.5. The predicted molar refractivity (Wildman–Crippen MR) is 98.5 cm³/mol. The van der Waals surface area contributed by atoms with Crippen LogP contribution in [0.3, 0.4) is 0 Å². The third-order valence-electron chi connectivity index (χ3n) is 6.82. The van der Waals surface area contributed by atoms with Gasteiger partial charge in [-0.3, -0.25) is 4.79 Å². The normalized spacial score (nSPS) is 28.0. The average Bonchev–Trinajstić information content (AvgIpc) is 3.18. The minimum Gasteiger partial charge on any atom is -0.294 e. The molecule has 122 valence electrons. The fourth-order valence-electron chi connectivity index (χ4n) is 5.52. The molecule has 0 saturated heterocycles. The molecule has 0 N–H and O–H groups in total. The Morgan fingerprint density at radius 2 is 2.08 bits per heavy atom. The summed E-state index contributed by atoms with van der Waals surface area (Å²) in [5.41, 5.74) is 5.17. The molecule has 2 unspecified atom stereocenters. The van der Waals surface area contributed by atoms with Crippen molar-refractivity contribution in [3.8, 4) is 0 Å². The fourth-order valence-corrected chi connectivity index (χ4v) is 5.52. The largest absolute Gasteiger partial charge is 0.294 e. The molecule has 0 aromatic heterocycles. The van der Waals surface area contributed by atoms with Gasteiger partial charge in [0.15, 0.2) is 5.78 Å². The van der Waals surface area contributed by atoms with Crippen molar-refractivity contribution in [3.05, 3.63) is 58.7 Å². The summed E-state index contributed by atoms with van der Waals surface area (Å²) in [6, 6.07) is 11.0. The monoisotopic (exact) mass is 316 g/mol. The zero-order valence-electron chi connectivity index (χ0n) is 14.6. The van der Waals surface area contributed by atoms with Crippen LogP contribution in [0.5, 0.6) is 0 Å². The lowest BCUT2D eigenvalue weighted by atomic mass is 9.63. The van der Waals surface area contributed by atoms with E-state index in [-0.39, 0.29) is 5.41 Å². The lowest BCUT2D eigenvalue weighted by Crippen LogP contribution is -2.39. The third-order valence-corrected chi connectivity index (χ3v) is 6.82. The van der Waals surface area contributed by atoms with E-state index in [0.717, 1.165) is 31.2 Å². The lowest BCUT2D eigenvalue weighted by Gasteiger charge is -2.39. The molecule has 0 radical (unpaired) electrons. The first-order valence-corrected chi connectivity index (χ1v) is 9.37. The molecule has 2 aromatic carbocycles. The lowest BCUT2D eigenvalue weighted by molar-refractivity contribution is 0.0671. The Morgan fingerprint density at radius 1 is 1.21 bits per heavy atom. The zero-order chi connectivity index (χ0) is 16.5. The second-order valence-electron chi connectivity index (χ2n) is 8.39. The molecule has 5 rings (SSSR count). The molecular weight excluding hydrogens is 292 g/mol. The molecule has 1 saturated carbocycles. The summed E-state index contributed by atoms with van der Waals surface area (Å²) in [5.74, 6) is 1.52. The molecule has 1 fully saturated rings. The molecule has 24 heavy (non-hydrogen) atoms. The smallest absolute Gasteiger partial charge is 0.169 e. The van der Waals surface area contributed by atoms with Crippen molar-refractivity contribution in [2.45, 2.75) is 51.9 Å². The first-order chi connectivity index (χ1) is 11.6. The van der Waals surface area contributed by atoms with Crippen molar-refractivity contribution >= 4 is 16.6 Å². The molecule has 2 bridgehead atoms. The van der Waals surface area contributed by atoms with Crippen molar-refractivity contribution in [2.24, 2.45) is 11.3 Å². The summed E-state index contributed by atoms with van der Waals surface area (Å²) >= 11 is 0. The standard InChI is InChI=1S/C23H24O/c1-14(2)19-5-3-4-16-12-21-17(11-20(16)19)8-9-23(22(21)24)13-15-6-7-18(23)10-15/h3-6,11-12,14,18H,7-10,13H2,1-2H3. The maximum Gasteiger partial charge on any atom is 0.169 e. The van der Waals surface area contributed by atoms with Crippen molar-refractivity contribution < 1.29 is 4.79 Å². The first kappa shape index (κ1) is 14.5. The van der Waals surface area contributed by atoms with Crippen LogP contribution >= 0.6 is 0 Å². The van der Waals surface area contributed by atoms with Crippen LogP contribution in [0.25, 0.3) is 10.8 Å². The average molecular weight is 316 g/mol. The number of carbonyl (C=O) groups excluding carboxylic acids is 1. The topological polar surface area (TPSA) is 17.1 Å². The van der Waals surface area contributed by atoms with E-state index >= 15 is 0 Å². The molecular formula is C23H24O. The Labute approximate surface area is 143 Å². The number of hydrogen-bond donors (Lipinski definition) is 0.